The molecule has 108 valence electrons. The summed E-state index contributed by atoms with van der Waals surface area (Å²) in [5.41, 5.74) is 6.86. The molecule has 0 bridgehead atoms. The normalized spacial score (nSPS) is 11.4. The van der Waals surface area contributed by atoms with Gasteiger partial charge in [0.1, 0.15) is 22.3 Å². The van der Waals surface area contributed by atoms with Crippen molar-refractivity contribution in [1.82, 2.24) is 14.9 Å². The van der Waals surface area contributed by atoms with E-state index in [1.807, 2.05) is 29.5 Å². The summed E-state index contributed by atoms with van der Waals surface area (Å²) >= 11 is 1.55. The summed E-state index contributed by atoms with van der Waals surface area (Å²) in [6.07, 6.45) is 0. The van der Waals surface area contributed by atoms with Gasteiger partial charge in [-0.3, -0.25) is 4.90 Å². The van der Waals surface area contributed by atoms with Crippen LogP contribution in [0.25, 0.3) is 10.2 Å². The number of halogens is 1. The van der Waals surface area contributed by atoms with Gasteiger partial charge >= 0.3 is 0 Å². The maximum absolute atomic E-state index is 13.2. The highest BCUT2D eigenvalue weighted by Crippen LogP contribution is 2.23. The average molecular weight is 302 g/mol. The molecule has 0 saturated heterocycles. The molecule has 0 aliphatic rings. The van der Waals surface area contributed by atoms with Crippen LogP contribution in [0.5, 0.6) is 0 Å². The first-order valence-corrected chi connectivity index (χ1v) is 7.42. The van der Waals surface area contributed by atoms with Crippen molar-refractivity contribution >= 4 is 27.4 Å². The number of hydrogen-bond acceptors (Lipinski definition) is 5. The van der Waals surface area contributed by atoms with Crippen LogP contribution in [-0.4, -0.2) is 21.9 Å². The van der Waals surface area contributed by atoms with E-state index in [0.717, 1.165) is 15.8 Å². The number of fused-ring (bicyclic) bond motifs is 1. The number of thiophene rings is 1. The van der Waals surface area contributed by atoms with E-state index >= 15 is 0 Å². The summed E-state index contributed by atoms with van der Waals surface area (Å²) in [5.74, 6) is 0.971. The summed E-state index contributed by atoms with van der Waals surface area (Å²) in [4.78, 5) is 11.8. The number of nitrogen functional groups attached to an aromatic ring is 1. The van der Waals surface area contributed by atoms with Crippen LogP contribution in [-0.2, 0) is 13.1 Å². The van der Waals surface area contributed by atoms with Crippen LogP contribution in [0.15, 0.2) is 35.7 Å². The first kappa shape index (κ1) is 13.9. The third-order valence-corrected chi connectivity index (χ3v) is 3.96. The number of anilines is 1. The van der Waals surface area contributed by atoms with Gasteiger partial charge in [-0.1, -0.05) is 12.1 Å². The van der Waals surface area contributed by atoms with Crippen molar-refractivity contribution in [2.75, 3.05) is 12.8 Å². The van der Waals surface area contributed by atoms with Gasteiger partial charge in [-0.25, -0.2) is 14.4 Å². The fourth-order valence-corrected chi connectivity index (χ4v) is 3.03. The molecule has 0 aliphatic heterocycles. The zero-order valence-corrected chi connectivity index (χ0v) is 12.4. The summed E-state index contributed by atoms with van der Waals surface area (Å²) in [6, 6.07) is 8.52. The molecular weight excluding hydrogens is 287 g/mol. The first-order chi connectivity index (χ1) is 10.1. The molecule has 3 aromatic rings. The predicted molar refractivity (Wildman–Crippen MR) is 83.4 cm³/mol. The average Bonchev–Trinajstić information content (AvgIpc) is 2.87. The lowest BCUT2D eigenvalue weighted by molar-refractivity contribution is 0.311. The molecule has 0 amide bonds. The van der Waals surface area contributed by atoms with E-state index in [1.165, 1.54) is 12.1 Å². The zero-order chi connectivity index (χ0) is 14.8. The van der Waals surface area contributed by atoms with Crippen LogP contribution in [0, 0.1) is 5.82 Å². The number of rotatable bonds is 4. The van der Waals surface area contributed by atoms with Gasteiger partial charge < -0.3 is 5.73 Å². The van der Waals surface area contributed by atoms with E-state index in [2.05, 4.69) is 9.97 Å². The van der Waals surface area contributed by atoms with Crippen molar-refractivity contribution in [1.29, 1.82) is 0 Å². The Morgan fingerprint density at radius 3 is 2.90 bits per heavy atom. The van der Waals surface area contributed by atoms with E-state index in [1.54, 1.807) is 17.4 Å². The van der Waals surface area contributed by atoms with Crippen molar-refractivity contribution in [2.24, 2.45) is 0 Å². The highest BCUT2D eigenvalue weighted by Gasteiger charge is 2.09. The second-order valence-corrected chi connectivity index (χ2v) is 5.86. The molecule has 0 fully saturated rings. The Balaban J connectivity index is 1.75. The molecule has 6 heteroatoms. The molecule has 21 heavy (non-hydrogen) atoms. The minimum absolute atomic E-state index is 0.221. The summed E-state index contributed by atoms with van der Waals surface area (Å²) in [5, 5.41) is 2.85. The first-order valence-electron chi connectivity index (χ1n) is 6.54. The zero-order valence-electron chi connectivity index (χ0n) is 11.6. The van der Waals surface area contributed by atoms with Crippen LogP contribution < -0.4 is 5.73 Å². The molecule has 2 aromatic heterocycles. The fourth-order valence-electron chi connectivity index (χ4n) is 2.24. The second kappa shape index (κ2) is 5.75. The fraction of sp³-hybridized carbons (Fsp3) is 0.200. The van der Waals surface area contributed by atoms with Crippen molar-refractivity contribution in [3.8, 4) is 0 Å². The molecular formula is C15H15FN4S. The highest BCUT2D eigenvalue weighted by molar-refractivity contribution is 7.16. The van der Waals surface area contributed by atoms with Gasteiger partial charge in [0.05, 0.1) is 11.9 Å². The Kier molecular flexibility index (Phi) is 3.81. The van der Waals surface area contributed by atoms with E-state index in [9.17, 15) is 4.39 Å². The topological polar surface area (TPSA) is 55.0 Å². The largest absolute Gasteiger partial charge is 0.383 e. The molecule has 0 atom stereocenters. The lowest BCUT2D eigenvalue weighted by atomic mass is 10.2. The molecule has 4 nitrogen and oxygen atoms in total. The Hall–Kier alpha value is -2.05. The van der Waals surface area contributed by atoms with Gasteiger partial charge in [0.2, 0.25) is 0 Å². The standard InChI is InChI=1S/C15H15FN4S/c1-20(8-10-3-2-4-11(16)7-10)9-13-18-14(17)12-5-6-21-15(12)19-13/h2-7H,8-9H2,1H3,(H2,17,18,19). The Morgan fingerprint density at radius 1 is 1.24 bits per heavy atom. The van der Waals surface area contributed by atoms with Gasteiger partial charge in [-0.05, 0) is 36.2 Å². The third-order valence-electron chi connectivity index (χ3n) is 3.15. The van der Waals surface area contributed by atoms with Crippen LogP contribution in [0.1, 0.15) is 11.4 Å². The van der Waals surface area contributed by atoms with Gasteiger partial charge in [-0.15, -0.1) is 11.3 Å². The maximum Gasteiger partial charge on any atom is 0.146 e. The van der Waals surface area contributed by atoms with Gasteiger partial charge in [0.25, 0.3) is 0 Å². The van der Waals surface area contributed by atoms with Gasteiger partial charge in [-0.2, -0.15) is 0 Å². The van der Waals surface area contributed by atoms with E-state index < -0.39 is 0 Å². The molecule has 2 N–H and O–H groups in total. The van der Waals surface area contributed by atoms with E-state index in [4.69, 9.17) is 5.73 Å². The number of nitrogens with two attached hydrogens (primary N) is 1. The van der Waals surface area contributed by atoms with Crippen LogP contribution >= 0.6 is 11.3 Å². The van der Waals surface area contributed by atoms with Crippen LogP contribution in [0.2, 0.25) is 0 Å². The monoisotopic (exact) mass is 302 g/mol. The van der Waals surface area contributed by atoms with E-state index in [0.29, 0.717) is 24.7 Å². The maximum atomic E-state index is 13.2. The lowest BCUT2D eigenvalue weighted by Gasteiger charge is -2.16. The predicted octanol–water partition coefficient (Wildman–Crippen LogP) is 3.04. The SMILES string of the molecule is CN(Cc1cccc(F)c1)Cc1nc(N)c2ccsc2n1. The summed E-state index contributed by atoms with van der Waals surface area (Å²) < 4.78 is 13.2. The quantitative estimate of drug-likeness (QED) is 0.805. The molecule has 0 radical (unpaired) electrons. The minimum Gasteiger partial charge on any atom is -0.383 e. The summed E-state index contributed by atoms with van der Waals surface area (Å²) in [7, 11) is 1.95. The number of benzene rings is 1. The van der Waals surface area contributed by atoms with Gasteiger partial charge in [0.15, 0.2) is 0 Å². The molecule has 1 aromatic carbocycles. The van der Waals surface area contributed by atoms with Crippen LogP contribution in [0.4, 0.5) is 10.2 Å². The molecule has 0 spiro atoms. The Labute approximate surface area is 126 Å². The second-order valence-electron chi connectivity index (χ2n) is 4.97. The Bertz CT molecular complexity index is 771. The molecule has 0 aliphatic carbocycles. The third kappa shape index (κ3) is 3.17. The number of hydrogen-bond donors (Lipinski definition) is 1. The molecule has 0 unspecified atom stereocenters. The van der Waals surface area contributed by atoms with Crippen LogP contribution in [0.3, 0.4) is 0 Å². The number of nitrogens with zero attached hydrogens (tertiary/aromatic N) is 3. The van der Waals surface area contributed by atoms with E-state index in [-0.39, 0.29) is 5.82 Å². The smallest absolute Gasteiger partial charge is 0.146 e. The molecule has 3 rings (SSSR count). The number of aromatic nitrogens is 2. The van der Waals surface area contributed by atoms with Crippen molar-refractivity contribution in [3.05, 3.63) is 52.9 Å². The minimum atomic E-state index is -0.221. The highest BCUT2D eigenvalue weighted by atomic mass is 32.1. The van der Waals surface area contributed by atoms with Crippen molar-refractivity contribution in [3.63, 3.8) is 0 Å². The molecule has 0 saturated carbocycles. The lowest BCUT2D eigenvalue weighted by Crippen LogP contribution is -2.19. The van der Waals surface area contributed by atoms with Crippen molar-refractivity contribution < 1.29 is 4.39 Å². The molecule has 2 heterocycles. The Morgan fingerprint density at radius 2 is 2.10 bits per heavy atom. The van der Waals surface area contributed by atoms with Crippen molar-refractivity contribution in [2.45, 2.75) is 13.1 Å². The summed E-state index contributed by atoms with van der Waals surface area (Å²) in [6.45, 7) is 1.19. The van der Waals surface area contributed by atoms with Gasteiger partial charge in [0, 0.05) is 6.54 Å².